The summed E-state index contributed by atoms with van der Waals surface area (Å²) in [6, 6.07) is 6.48. The van der Waals surface area contributed by atoms with Gasteiger partial charge in [-0.2, -0.15) is 4.72 Å². The molecule has 21 heavy (non-hydrogen) atoms. The molecule has 0 heterocycles. The standard InChI is InChI=1S/C15H21NO4S/c1-11-5-3-7-13(9-11)21(19,20)16-15(14(17)18)8-4-6-12(2)10-15/h3,5,7,9,12,16H,4,6,8,10H2,1-2H3,(H,17,18). The van der Waals surface area contributed by atoms with Crippen LogP contribution in [0.1, 0.15) is 38.2 Å². The molecule has 5 nitrogen and oxygen atoms in total. The summed E-state index contributed by atoms with van der Waals surface area (Å²) in [5.74, 6) is -0.902. The molecule has 1 aliphatic carbocycles. The molecule has 1 fully saturated rings. The number of aryl methyl sites for hydroxylation is 1. The normalized spacial score (nSPS) is 26.5. The highest BCUT2D eigenvalue weighted by molar-refractivity contribution is 7.89. The fraction of sp³-hybridized carbons (Fsp3) is 0.533. The third-order valence-electron chi connectivity index (χ3n) is 4.04. The number of hydrogen-bond donors (Lipinski definition) is 2. The summed E-state index contributed by atoms with van der Waals surface area (Å²) < 4.78 is 27.4. The van der Waals surface area contributed by atoms with E-state index in [0.29, 0.717) is 19.3 Å². The van der Waals surface area contributed by atoms with Crippen LogP contribution in [0.5, 0.6) is 0 Å². The van der Waals surface area contributed by atoms with Crippen LogP contribution in [0.25, 0.3) is 0 Å². The molecule has 1 aromatic rings. The van der Waals surface area contributed by atoms with E-state index in [1.54, 1.807) is 25.1 Å². The van der Waals surface area contributed by atoms with Crippen molar-refractivity contribution in [2.45, 2.75) is 50.0 Å². The average molecular weight is 311 g/mol. The monoisotopic (exact) mass is 311 g/mol. The molecule has 1 saturated carbocycles. The van der Waals surface area contributed by atoms with Crippen LogP contribution in [0.4, 0.5) is 0 Å². The van der Waals surface area contributed by atoms with E-state index in [4.69, 9.17) is 0 Å². The van der Waals surface area contributed by atoms with Crippen LogP contribution in [0.3, 0.4) is 0 Å². The minimum Gasteiger partial charge on any atom is -0.480 e. The van der Waals surface area contributed by atoms with Gasteiger partial charge in [-0.05, 0) is 43.4 Å². The summed E-state index contributed by atoms with van der Waals surface area (Å²) in [7, 11) is -3.84. The quantitative estimate of drug-likeness (QED) is 0.893. The van der Waals surface area contributed by atoms with Crippen molar-refractivity contribution in [1.82, 2.24) is 4.72 Å². The Morgan fingerprint density at radius 3 is 2.71 bits per heavy atom. The lowest BCUT2D eigenvalue weighted by Crippen LogP contribution is -2.56. The molecule has 116 valence electrons. The predicted molar refractivity (Wildman–Crippen MR) is 79.5 cm³/mol. The molecular weight excluding hydrogens is 290 g/mol. The zero-order valence-electron chi connectivity index (χ0n) is 12.3. The number of sulfonamides is 1. The molecule has 2 rings (SSSR count). The third kappa shape index (κ3) is 3.44. The Morgan fingerprint density at radius 2 is 2.14 bits per heavy atom. The van der Waals surface area contributed by atoms with Gasteiger partial charge in [-0.1, -0.05) is 31.9 Å². The van der Waals surface area contributed by atoms with Crippen molar-refractivity contribution in [3.8, 4) is 0 Å². The minimum absolute atomic E-state index is 0.112. The van der Waals surface area contributed by atoms with E-state index in [0.717, 1.165) is 12.0 Å². The zero-order chi connectivity index (χ0) is 15.7. The van der Waals surface area contributed by atoms with Gasteiger partial charge < -0.3 is 5.11 Å². The molecule has 0 radical (unpaired) electrons. The van der Waals surface area contributed by atoms with Crippen molar-refractivity contribution in [1.29, 1.82) is 0 Å². The molecule has 0 spiro atoms. The lowest BCUT2D eigenvalue weighted by atomic mass is 9.77. The summed E-state index contributed by atoms with van der Waals surface area (Å²) in [6.07, 6.45) is 2.30. The topological polar surface area (TPSA) is 83.5 Å². The van der Waals surface area contributed by atoms with Crippen LogP contribution in [0.15, 0.2) is 29.2 Å². The van der Waals surface area contributed by atoms with Gasteiger partial charge in [0.2, 0.25) is 10.0 Å². The molecule has 0 amide bonds. The van der Waals surface area contributed by atoms with Crippen molar-refractivity contribution in [3.05, 3.63) is 29.8 Å². The van der Waals surface area contributed by atoms with E-state index in [-0.39, 0.29) is 10.8 Å². The van der Waals surface area contributed by atoms with Gasteiger partial charge in [0.1, 0.15) is 5.54 Å². The summed E-state index contributed by atoms with van der Waals surface area (Å²) in [5.41, 5.74) is -0.570. The SMILES string of the molecule is Cc1cccc(S(=O)(=O)NC2(C(=O)O)CCCC(C)C2)c1. The van der Waals surface area contributed by atoms with E-state index in [9.17, 15) is 18.3 Å². The van der Waals surface area contributed by atoms with Crippen molar-refractivity contribution in [2.24, 2.45) is 5.92 Å². The van der Waals surface area contributed by atoms with Crippen LogP contribution < -0.4 is 4.72 Å². The number of benzene rings is 1. The molecule has 1 aliphatic rings. The molecule has 2 N–H and O–H groups in total. The lowest BCUT2D eigenvalue weighted by molar-refractivity contribution is -0.146. The molecule has 2 unspecified atom stereocenters. The number of aliphatic carboxylic acids is 1. The van der Waals surface area contributed by atoms with Gasteiger partial charge in [-0.25, -0.2) is 8.42 Å². The highest BCUT2D eigenvalue weighted by Crippen LogP contribution is 2.34. The van der Waals surface area contributed by atoms with Crippen molar-refractivity contribution in [2.75, 3.05) is 0 Å². The Kier molecular flexibility index (Phi) is 4.39. The molecule has 6 heteroatoms. The molecule has 0 aliphatic heterocycles. The van der Waals surface area contributed by atoms with Crippen LogP contribution in [-0.2, 0) is 14.8 Å². The summed E-state index contributed by atoms with van der Waals surface area (Å²) in [4.78, 5) is 11.8. The van der Waals surface area contributed by atoms with E-state index in [1.165, 1.54) is 6.07 Å². The van der Waals surface area contributed by atoms with Crippen molar-refractivity contribution < 1.29 is 18.3 Å². The smallest absolute Gasteiger partial charge is 0.324 e. The first-order valence-corrected chi connectivity index (χ1v) is 8.57. The minimum atomic E-state index is -3.84. The van der Waals surface area contributed by atoms with Crippen molar-refractivity contribution >= 4 is 16.0 Å². The molecule has 0 bridgehead atoms. The van der Waals surface area contributed by atoms with Gasteiger partial charge in [0.05, 0.1) is 4.90 Å². The molecule has 0 saturated heterocycles. The Morgan fingerprint density at radius 1 is 1.43 bits per heavy atom. The van der Waals surface area contributed by atoms with Crippen LogP contribution in [0.2, 0.25) is 0 Å². The highest BCUT2D eigenvalue weighted by Gasteiger charge is 2.45. The summed E-state index contributed by atoms with van der Waals surface area (Å²) in [5, 5.41) is 9.54. The number of carboxylic acid groups (broad SMARTS) is 1. The largest absolute Gasteiger partial charge is 0.480 e. The fourth-order valence-electron chi connectivity index (χ4n) is 2.98. The molecule has 0 aromatic heterocycles. The maximum absolute atomic E-state index is 12.5. The van der Waals surface area contributed by atoms with E-state index in [2.05, 4.69) is 4.72 Å². The van der Waals surface area contributed by atoms with Gasteiger partial charge in [0.25, 0.3) is 0 Å². The highest BCUT2D eigenvalue weighted by atomic mass is 32.2. The van der Waals surface area contributed by atoms with Crippen molar-refractivity contribution in [3.63, 3.8) is 0 Å². The first-order valence-electron chi connectivity index (χ1n) is 7.09. The molecule has 2 atom stereocenters. The lowest BCUT2D eigenvalue weighted by Gasteiger charge is -2.36. The second-order valence-electron chi connectivity index (χ2n) is 6.01. The van der Waals surface area contributed by atoms with E-state index in [1.807, 2.05) is 6.92 Å². The van der Waals surface area contributed by atoms with Gasteiger partial charge in [0, 0.05) is 0 Å². The fourth-order valence-corrected chi connectivity index (χ4v) is 4.48. The third-order valence-corrected chi connectivity index (χ3v) is 5.57. The number of rotatable bonds is 4. The predicted octanol–water partition coefficient (Wildman–Crippen LogP) is 2.31. The molecular formula is C15H21NO4S. The average Bonchev–Trinajstić information content (AvgIpc) is 2.38. The van der Waals surface area contributed by atoms with Gasteiger partial charge >= 0.3 is 5.97 Å². The molecule has 1 aromatic carbocycles. The van der Waals surface area contributed by atoms with Crippen LogP contribution in [0, 0.1) is 12.8 Å². The second-order valence-corrected chi connectivity index (χ2v) is 7.69. The van der Waals surface area contributed by atoms with Crippen LogP contribution >= 0.6 is 0 Å². The Labute approximate surface area is 125 Å². The van der Waals surface area contributed by atoms with Gasteiger partial charge in [-0.15, -0.1) is 0 Å². The second kappa shape index (κ2) is 5.77. The summed E-state index contributed by atoms with van der Waals surface area (Å²) in [6.45, 7) is 3.76. The number of carboxylic acids is 1. The number of carbonyl (C=O) groups is 1. The first kappa shape index (κ1) is 16.0. The Balaban J connectivity index is 2.34. The Bertz CT molecular complexity index is 641. The summed E-state index contributed by atoms with van der Waals surface area (Å²) >= 11 is 0. The number of hydrogen-bond acceptors (Lipinski definition) is 3. The van der Waals surface area contributed by atoms with E-state index >= 15 is 0 Å². The van der Waals surface area contributed by atoms with Gasteiger partial charge in [-0.3, -0.25) is 4.79 Å². The van der Waals surface area contributed by atoms with Crippen LogP contribution in [-0.4, -0.2) is 25.0 Å². The zero-order valence-corrected chi connectivity index (χ0v) is 13.1. The van der Waals surface area contributed by atoms with Gasteiger partial charge in [0.15, 0.2) is 0 Å². The Hall–Kier alpha value is -1.40. The number of nitrogens with one attached hydrogen (secondary N) is 1. The maximum atomic E-state index is 12.5. The first-order chi connectivity index (χ1) is 9.75. The van der Waals surface area contributed by atoms with E-state index < -0.39 is 21.5 Å². The maximum Gasteiger partial charge on any atom is 0.324 e.